The number of piperidine rings is 1. The number of morpholine rings is 1. The molecule has 6 N–H and O–H groups in total. The fraction of sp³-hybridized carbons (Fsp3) is 0.368. The normalized spacial score (nSPS) is 19.9. The second-order valence-electron chi connectivity index (χ2n) is 20.4. The number of carbonyl (C=O) groups is 2. The van der Waals surface area contributed by atoms with Crippen LogP contribution in [0, 0.1) is 5.92 Å². The molecular weight excluding hydrogens is 1220 g/mol. The van der Waals surface area contributed by atoms with Crippen LogP contribution in [0.5, 0.6) is 23.0 Å². The van der Waals surface area contributed by atoms with Crippen LogP contribution in [0.2, 0.25) is 10.0 Å². The average Bonchev–Trinajstić information content (AvgIpc) is 4.34. The number of aromatic hydroxyl groups is 1. The van der Waals surface area contributed by atoms with Crippen molar-refractivity contribution in [3.8, 4) is 23.0 Å². The maximum Gasteiger partial charge on any atom is 0.387 e. The molecule has 16 nitrogen and oxygen atoms in total. The number of epoxide rings is 1. The molecule has 4 fully saturated rings. The van der Waals surface area contributed by atoms with Crippen LogP contribution < -0.4 is 47.4 Å². The first kappa shape index (κ1) is 63.2. The molecule has 0 radical (unpaired) electrons. The summed E-state index contributed by atoms with van der Waals surface area (Å²) >= 11 is 14.7. The number of amides is 1. The van der Waals surface area contributed by atoms with E-state index in [1.165, 1.54) is 71.0 Å². The number of aliphatic hydroxyl groups excluding tert-OH is 1. The molecule has 434 valence electrons. The summed E-state index contributed by atoms with van der Waals surface area (Å²) < 4.78 is 52.9. The smallest absolute Gasteiger partial charge is 0.387 e. The molecular formula is C57H61BrCl3F2N5O11S2. The number of anilines is 1. The number of aromatic amines is 1. The summed E-state index contributed by atoms with van der Waals surface area (Å²) in [6.45, 7) is -0.195. The number of quaternary nitrogens is 1. The van der Waals surface area contributed by atoms with E-state index in [9.17, 15) is 38.5 Å². The maximum absolute atomic E-state index is 13.1. The van der Waals surface area contributed by atoms with Crippen molar-refractivity contribution in [2.75, 3.05) is 39.7 Å². The number of methoxy groups -OCH3 is 1. The minimum Gasteiger partial charge on any atom is -1.00 e. The monoisotopic (exact) mass is 1280 g/mol. The van der Waals surface area contributed by atoms with Gasteiger partial charge in [-0.25, -0.2) is 4.79 Å². The van der Waals surface area contributed by atoms with Gasteiger partial charge in [-0.1, -0.05) is 53.5 Å². The first-order chi connectivity index (χ1) is 37.8. The van der Waals surface area contributed by atoms with E-state index >= 15 is 0 Å². The van der Waals surface area contributed by atoms with Crippen LogP contribution in [0.1, 0.15) is 70.0 Å². The number of pyridine rings is 2. The number of rotatable bonds is 18. The SMILES string of the molecule is COc1ccc(C[C@@H](C)NC[C@H](O)c2ccc(O)c3[nH]c(=O)ccc23)cc1.C[N+]1(C)[C@@H]2CC(OC(=O)C(O)(c3cccs3)c3cccs3)C[C@H]1[C@@H]1O[C@@H]12.Cl.O=C(Nc1c(Cl)cncc1Cl)c1ccc(OC(F)F)c(OCC2CC2)c1.[Br-]. The molecule has 7 aromatic rings. The Morgan fingerprint density at radius 2 is 1.57 bits per heavy atom. The molecule has 81 heavy (non-hydrogen) atoms. The Kier molecular flexibility index (Phi) is 21.3. The quantitative estimate of drug-likeness (QED) is 0.0283. The first-order valence-corrected chi connectivity index (χ1v) is 28.1. The summed E-state index contributed by atoms with van der Waals surface area (Å²) in [5.74, 6) is 0.0789. The molecule has 3 aromatic carbocycles. The molecule has 4 aromatic heterocycles. The van der Waals surface area contributed by atoms with Crippen molar-refractivity contribution < 1.29 is 78.8 Å². The molecule has 1 amide bonds. The number of hydrogen-bond donors (Lipinski definition) is 6. The number of aliphatic hydroxyl groups is 2. The number of alkyl halides is 2. The molecule has 7 heterocycles. The Morgan fingerprint density at radius 3 is 2.15 bits per heavy atom. The van der Waals surface area contributed by atoms with Crippen molar-refractivity contribution >= 4 is 86.7 Å². The number of hydrogen-bond acceptors (Lipinski definition) is 15. The molecule has 1 saturated carbocycles. The minimum atomic E-state index is -2.99. The number of phenolic OH excluding ortho intramolecular Hbond substituents is 1. The van der Waals surface area contributed by atoms with Gasteiger partial charge in [-0.2, -0.15) is 8.78 Å². The van der Waals surface area contributed by atoms with Gasteiger partial charge >= 0.3 is 12.6 Å². The second-order valence-corrected chi connectivity index (χ2v) is 23.1. The number of halogens is 6. The van der Waals surface area contributed by atoms with Crippen molar-refractivity contribution in [3.63, 3.8) is 0 Å². The number of benzene rings is 3. The van der Waals surface area contributed by atoms with E-state index in [-0.39, 0.29) is 85.6 Å². The standard InChI is InChI=1S/C21H24N2O4.C19H22NO4S2.C17H14Cl2F2N2O3.BrH.ClH/c1-13(11-14-3-5-15(27-2)6-4-14)22-12-19(25)16-7-9-18(24)21-17(16)8-10-20(26)23-21;1-20(2)12-9-11(10-13(20)17-16(12)24-17)23-18(21)19(22,14-5-3-7-25-14)15-6-4-8-26-15;18-11-6-22-7-12(19)15(11)23-16(24)10-3-4-13(26-17(20)21)14(5-10)25-8-9-1-2-9;;/h3-10,13,19,22,24-25H,11-12H2,1-2H3,(H,23,26);3-8,11-13,16-17,22H,9-10H2,1-2H3;3-7,9,17H,1-2,8H2,(H,22,23,24);2*1H/q;+1;;;/p-1/t13-,19+;11?,12-,13+,16-,17+;;;/m1..../s1. The van der Waals surface area contributed by atoms with Gasteiger partial charge in [0.15, 0.2) is 11.5 Å². The van der Waals surface area contributed by atoms with Gasteiger partial charge in [-0.05, 0) is 109 Å². The molecule has 7 atom stereocenters. The van der Waals surface area contributed by atoms with Crippen LogP contribution in [-0.2, 0) is 26.3 Å². The molecule has 3 aliphatic heterocycles. The number of likely N-dealkylation sites (N-methyl/N-ethyl adjacent to an activating group) is 1. The number of carbonyl (C=O) groups excluding carboxylic acids is 2. The summed E-state index contributed by atoms with van der Waals surface area (Å²) in [4.78, 5) is 44.7. The molecule has 0 spiro atoms. The first-order valence-electron chi connectivity index (χ1n) is 25.6. The van der Waals surface area contributed by atoms with E-state index in [0.717, 1.165) is 42.3 Å². The lowest BCUT2D eigenvalue weighted by Crippen LogP contribution is -3.00. The zero-order valence-electron chi connectivity index (χ0n) is 44.2. The molecule has 1 unspecified atom stereocenters. The Hall–Kier alpha value is -5.43. The maximum atomic E-state index is 13.1. The molecule has 2 bridgehead atoms. The minimum absolute atomic E-state index is 0. The van der Waals surface area contributed by atoms with Crippen LogP contribution in [0.15, 0.2) is 119 Å². The van der Waals surface area contributed by atoms with Crippen LogP contribution in [-0.4, -0.2) is 119 Å². The van der Waals surface area contributed by atoms with E-state index in [1.54, 1.807) is 31.4 Å². The van der Waals surface area contributed by atoms with Gasteiger partial charge in [-0.3, -0.25) is 14.6 Å². The van der Waals surface area contributed by atoms with Crippen LogP contribution in [0.25, 0.3) is 10.9 Å². The van der Waals surface area contributed by atoms with E-state index in [1.807, 2.05) is 47.2 Å². The molecule has 1 aliphatic carbocycles. The van der Waals surface area contributed by atoms with Crippen molar-refractivity contribution in [1.82, 2.24) is 15.3 Å². The number of thiophene rings is 2. The number of esters is 1. The summed E-state index contributed by atoms with van der Waals surface area (Å²) in [6.07, 6.45) is 6.85. The number of fused-ring (bicyclic) bond motifs is 6. The Labute approximate surface area is 501 Å². The van der Waals surface area contributed by atoms with Crippen LogP contribution >= 0.6 is 58.3 Å². The number of ether oxygens (including phenoxy) is 5. The summed E-state index contributed by atoms with van der Waals surface area (Å²) in [6, 6.07) is 26.2. The van der Waals surface area contributed by atoms with Gasteiger partial charge in [0, 0.05) is 54.8 Å². The highest BCUT2D eigenvalue weighted by atomic mass is 79.9. The number of aromatic nitrogens is 2. The van der Waals surface area contributed by atoms with Gasteiger partial charge in [0.1, 0.15) is 41.9 Å². The third kappa shape index (κ3) is 14.9. The Morgan fingerprint density at radius 1 is 0.926 bits per heavy atom. The van der Waals surface area contributed by atoms with E-state index in [0.29, 0.717) is 69.6 Å². The van der Waals surface area contributed by atoms with Crippen molar-refractivity contribution in [3.05, 3.63) is 161 Å². The number of phenols is 1. The third-order valence-corrected chi connectivity index (χ3v) is 17.2. The van der Waals surface area contributed by atoms with Gasteiger partial charge in [0.2, 0.25) is 11.2 Å². The van der Waals surface area contributed by atoms with Gasteiger partial charge < -0.3 is 76.1 Å². The lowest BCUT2D eigenvalue weighted by Gasteiger charge is -2.45. The largest absolute Gasteiger partial charge is 1.00 e. The number of nitrogens with zero attached hydrogens (tertiary/aromatic N) is 2. The average molecular weight is 1280 g/mol. The molecule has 3 saturated heterocycles. The topological polar surface area (TPSA) is 214 Å². The van der Waals surface area contributed by atoms with E-state index in [2.05, 4.69) is 46.4 Å². The van der Waals surface area contributed by atoms with Gasteiger partial charge in [0.05, 0.1) is 64.9 Å². The lowest BCUT2D eigenvalue weighted by atomic mass is 9.95. The fourth-order valence-corrected chi connectivity index (χ4v) is 12.3. The predicted octanol–water partition coefficient (Wildman–Crippen LogP) is 7.30. The third-order valence-electron chi connectivity index (χ3n) is 14.7. The summed E-state index contributed by atoms with van der Waals surface area (Å²) in [5, 5.41) is 42.5. The highest BCUT2D eigenvalue weighted by Gasteiger charge is 2.71. The second kappa shape index (κ2) is 27.3. The highest BCUT2D eigenvalue weighted by molar-refractivity contribution is 7.12. The van der Waals surface area contributed by atoms with Crippen molar-refractivity contribution in [1.29, 1.82) is 0 Å². The fourth-order valence-electron chi connectivity index (χ4n) is 10.2. The molecule has 24 heteroatoms. The van der Waals surface area contributed by atoms with Crippen molar-refractivity contribution in [2.45, 2.75) is 93.8 Å². The number of nitrogens with one attached hydrogen (secondary N) is 3. The lowest BCUT2D eigenvalue weighted by molar-refractivity contribution is -0.938. The van der Waals surface area contributed by atoms with E-state index < -0.39 is 30.2 Å². The number of H-pyrrole nitrogens is 1. The highest BCUT2D eigenvalue weighted by Crippen LogP contribution is 2.52. The summed E-state index contributed by atoms with van der Waals surface area (Å²) in [5.41, 5.74) is 0.549. The zero-order valence-corrected chi connectivity index (χ0v) is 49.8. The van der Waals surface area contributed by atoms with E-state index in [4.69, 9.17) is 42.1 Å². The predicted molar refractivity (Wildman–Crippen MR) is 305 cm³/mol. The summed E-state index contributed by atoms with van der Waals surface area (Å²) in [7, 11) is 6.14. The van der Waals surface area contributed by atoms with Crippen molar-refractivity contribution in [2.24, 2.45) is 5.92 Å². The van der Waals surface area contributed by atoms with Gasteiger partial charge in [-0.15, -0.1) is 35.1 Å². The van der Waals surface area contributed by atoms with Gasteiger partial charge in [0.25, 0.3) is 5.91 Å². The zero-order chi connectivity index (χ0) is 56.2. The molecule has 4 aliphatic rings. The Bertz CT molecular complexity index is 3230. The molecule has 11 rings (SSSR count). The van der Waals surface area contributed by atoms with Crippen LogP contribution in [0.3, 0.4) is 0 Å². The Balaban J connectivity index is 0.000000173. The van der Waals surface area contributed by atoms with Crippen LogP contribution in [0.4, 0.5) is 14.5 Å².